The number of rotatable bonds is 9. The fraction of sp³-hybridized carbons (Fsp3) is 0.200. The maximum atomic E-state index is 13.2. The van der Waals surface area contributed by atoms with Crippen LogP contribution in [0.25, 0.3) is 22.3 Å². The number of benzene rings is 3. The van der Waals surface area contributed by atoms with Crippen LogP contribution in [0.3, 0.4) is 0 Å². The standard InChI is InChI=1S/C30H28O9/c1-16(2)15-38-21-11-10-18(12-23(21)36-3)19(13-24(32)37-4)25-27(33)29(35)28(34)26-20(31)14-22(39-30(25)26)17-8-6-5-7-9-17/h5-12,14,19,33-35H,1,13,15H2,2-4H3. The molecule has 1 aromatic heterocycles. The predicted octanol–water partition coefficient (Wildman–Crippen LogP) is 5.24. The molecular weight excluding hydrogens is 504 g/mol. The topological polar surface area (TPSA) is 136 Å². The van der Waals surface area contributed by atoms with E-state index < -0.39 is 34.6 Å². The summed E-state index contributed by atoms with van der Waals surface area (Å²) in [5.74, 6) is -3.21. The molecule has 0 aliphatic heterocycles. The number of esters is 1. The van der Waals surface area contributed by atoms with Crippen molar-refractivity contribution < 1.29 is 38.7 Å². The largest absolute Gasteiger partial charge is 0.504 e. The van der Waals surface area contributed by atoms with Crippen LogP contribution in [0.1, 0.15) is 30.4 Å². The number of hydrogen-bond donors (Lipinski definition) is 3. The Morgan fingerprint density at radius 1 is 0.974 bits per heavy atom. The van der Waals surface area contributed by atoms with Crippen molar-refractivity contribution in [3.05, 3.63) is 88.1 Å². The number of methoxy groups -OCH3 is 2. The van der Waals surface area contributed by atoms with E-state index in [0.717, 1.165) is 5.57 Å². The highest BCUT2D eigenvalue weighted by atomic mass is 16.5. The zero-order valence-electron chi connectivity index (χ0n) is 21.7. The summed E-state index contributed by atoms with van der Waals surface area (Å²) in [4.78, 5) is 25.7. The molecule has 1 atom stereocenters. The van der Waals surface area contributed by atoms with Gasteiger partial charge in [-0.25, -0.2) is 0 Å². The lowest BCUT2D eigenvalue weighted by atomic mass is 9.86. The molecule has 39 heavy (non-hydrogen) atoms. The van der Waals surface area contributed by atoms with Crippen LogP contribution in [0, 0.1) is 0 Å². The molecule has 9 nitrogen and oxygen atoms in total. The van der Waals surface area contributed by atoms with Crippen molar-refractivity contribution in [3.63, 3.8) is 0 Å². The molecule has 0 saturated carbocycles. The molecule has 3 N–H and O–H groups in total. The van der Waals surface area contributed by atoms with E-state index in [0.29, 0.717) is 22.6 Å². The summed E-state index contributed by atoms with van der Waals surface area (Å²) < 4.78 is 22.2. The third kappa shape index (κ3) is 5.38. The van der Waals surface area contributed by atoms with Crippen LogP contribution < -0.4 is 14.9 Å². The van der Waals surface area contributed by atoms with Crippen LogP contribution in [0.15, 0.2) is 76.0 Å². The van der Waals surface area contributed by atoms with Crippen molar-refractivity contribution in [3.8, 4) is 40.1 Å². The van der Waals surface area contributed by atoms with Crippen molar-refractivity contribution >= 4 is 16.9 Å². The summed E-state index contributed by atoms with van der Waals surface area (Å²) in [5, 5.41) is 31.9. The second-order valence-electron chi connectivity index (χ2n) is 8.99. The van der Waals surface area contributed by atoms with Crippen LogP contribution in [0.2, 0.25) is 0 Å². The molecule has 4 rings (SSSR count). The summed E-state index contributed by atoms with van der Waals surface area (Å²) in [6.07, 6.45) is -0.308. The first kappa shape index (κ1) is 27.1. The fourth-order valence-electron chi connectivity index (χ4n) is 4.30. The third-order valence-electron chi connectivity index (χ3n) is 6.20. The fourth-order valence-corrected chi connectivity index (χ4v) is 4.30. The zero-order valence-corrected chi connectivity index (χ0v) is 21.7. The van der Waals surface area contributed by atoms with Crippen molar-refractivity contribution in [1.82, 2.24) is 0 Å². The normalized spacial score (nSPS) is 11.7. The summed E-state index contributed by atoms with van der Waals surface area (Å²) in [6.45, 7) is 5.89. The molecule has 0 bridgehead atoms. The molecule has 0 fully saturated rings. The van der Waals surface area contributed by atoms with Gasteiger partial charge in [0.15, 0.2) is 28.4 Å². The molecule has 0 saturated heterocycles. The van der Waals surface area contributed by atoms with Crippen LogP contribution in [-0.4, -0.2) is 42.1 Å². The molecule has 0 radical (unpaired) electrons. The molecule has 1 unspecified atom stereocenters. The molecule has 0 aliphatic carbocycles. The Hall–Kier alpha value is -4.92. The van der Waals surface area contributed by atoms with Gasteiger partial charge < -0.3 is 33.9 Å². The molecule has 4 aromatic rings. The molecule has 202 valence electrons. The molecule has 3 aromatic carbocycles. The van der Waals surface area contributed by atoms with Gasteiger partial charge in [0.25, 0.3) is 0 Å². The molecule has 9 heteroatoms. The van der Waals surface area contributed by atoms with E-state index >= 15 is 0 Å². The number of ether oxygens (including phenoxy) is 3. The van der Waals surface area contributed by atoms with Gasteiger partial charge in [0.2, 0.25) is 5.75 Å². The summed E-state index contributed by atoms with van der Waals surface area (Å²) >= 11 is 0. The van der Waals surface area contributed by atoms with Crippen molar-refractivity contribution in [2.45, 2.75) is 19.3 Å². The van der Waals surface area contributed by atoms with Crippen LogP contribution in [0.5, 0.6) is 28.7 Å². The highest BCUT2D eigenvalue weighted by Gasteiger charge is 2.31. The van der Waals surface area contributed by atoms with E-state index in [1.165, 1.54) is 20.3 Å². The lowest BCUT2D eigenvalue weighted by Crippen LogP contribution is -2.13. The Morgan fingerprint density at radius 3 is 2.33 bits per heavy atom. The second-order valence-corrected chi connectivity index (χ2v) is 8.99. The molecule has 0 spiro atoms. The first-order chi connectivity index (χ1) is 18.7. The lowest BCUT2D eigenvalue weighted by molar-refractivity contribution is -0.140. The van der Waals surface area contributed by atoms with E-state index in [-0.39, 0.29) is 35.3 Å². The maximum absolute atomic E-state index is 13.2. The first-order valence-electron chi connectivity index (χ1n) is 12.0. The minimum absolute atomic E-state index is 0.0850. The van der Waals surface area contributed by atoms with Crippen LogP contribution in [0.4, 0.5) is 0 Å². The number of carbonyl (C=O) groups is 1. The quantitative estimate of drug-likeness (QED) is 0.150. The van der Waals surface area contributed by atoms with Crippen molar-refractivity contribution in [1.29, 1.82) is 0 Å². The minimum Gasteiger partial charge on any atom is -0.504 e. The number of phenols is 3. The summed E-state index contributed by atoms with van der Waals surface area (Å²) in [6, 6.07) is 14.8. The number of carbonyl (C=O) groups excluding carboxylic acids is 1. The van der Waals surface area contributed by atoms with Gasteiger partial charge in [-0.1, -0.05) is 43.0 Å². The zero-order chi connectivity index (χ0) is 28.3. The third-order valence-corrected chi connectivity index (χ3v) is 6.20. The second kappa shape index (κ2) is 11.2. The van der Waals surface area contributed by atoms with E-state index in [1.807, 2.05) is 6.92 Å². The Morgan fingerprint density at radius 2 is 1.69 bits per heavy atom. The molecule has 0 amide bonds. The van der Waals surface area contributed by atoms with E-state index in [2.05, 4.69) is 6.58 Å². The van der Waals surface area contributed by atoms with Gasteiger partial charge in [-0.3, -0.25) is 9.59 Å². The Labute approximate surface area is 224 Å². The average molecular weight is 533 g/mol. The highest BCUT2D eigenvalue weighted by molar-refractivity contribution is 5.93. The number of aromatic hydroxyl groups is 3. The number of fused-ring (bicyclic) bond motifs is 1. The van der Waals surface area contributed by atoms with Gasteiger partial charge in [0.05, 0.1) is 20.6 Å². The maximum Gasteiger partial charge on any atom is 0.306 e. The Kier molecular flexibility index (Phi) is 7.80. The number of phenolic OH excluding ortho intramolecular Hbond substituents is 3. The Balaban J connectivity index is 2.01. The van der Waals surface area contributed by atoms with Crippen LogP contribution in [-0.2, 0) is 9.53 Å². The Bertz CT molecular complexity index is 1600. The first-order valence-corrected chi connectivity index (χ1v) is 12.0. The van der Waals surface area contributed by atoms with E-state index in [1.54, 1.807) is 48.5 Å². The average Bonchev–Trinajstić information content (AvgIpc) is 2.94. The monoisotopic (exact) mass is 532 g/mol. The molecular formula is C30H28O9. The lowest BCUT2D eigenvalue weighted by Gasteiger charge is -2.22. The highest BCUT2D eigenvalue weighted by Crippen LogP contribution is 2.50. The minimum atomic E-state index is -0.996. The van der Waals surface area contributed by atoms with Crippen molar-refractivity contribution in [2.75, 3.05) is 20.8 Å². The van der Waals surface area contributed by atoms with Crippen molar-refractivity contribution in [2.24, 2.45) is 0 Å². The van der Waals surface area contributed by atoms with Gasteiger partial charge in [-0.2, -0.15) is 0 Å². The van der Waals surface area contributed by atoms with Gasteiger partial charge in [0.1, 0.15) is 23.3 Å². The summed E-state index contributed by atoms with van der Waals surface area (Å²) in [5.41, 5.74) is 0.893. The van der Waals surface area contributed by atoms with Gasteiger partial charge >= 0.3 is 5.97 Å². The predicted molar refractivity (Wildman–Crippen MR) is 145 cm³/mol. The van der Waals surface area contributed by atoms with Crippen LogP contribution >= 0.6 is 0 Å². The summed E-state index contributed by atoms with van der Waals surface area (Å²) in [7, 11) is 2.67. The molecule has 1 heterocycles. The smallest absolute Gasteiger partial charge is 0.306 e. The number of hydrogen-bond acceptors (Lipinski definition) is 9. The van der Waals surface area contributed by atoms with Gasteiger partial charge in [-0.05, 0) is 30.2 Å². The van der Waals surface area contributed by atoms with E-state index in [4.69, 9.17) is 18.6 Å². The van der Waals surface area contributed by atoms with Gasteiger partial charge in [-0.15, -0.1) is 0 Å². The SMILES string of the molecule is C=C(C)COc1ccc(C(CC(=O)OC)c2c(O)c(O)c(O)c3c(=O)cc(-c4ccccc4)oc23)cc1OC. The van der Waals surface area contributed by atoms with E-state index in [9.17, 15) is 24.9 Å². The van der Waals surface area contributed by atoms with Gasteiger partial charge in [0, 0.05) is 23.1 Å². The molecule has 0 aliphatic rings.